The van der Waals surface area contributed by atoms with Crippen molar-refractivity contribution in [2.24, 2.45) is 5.92 Å². The lowest BCUT2D eigenvalue weighted by Gasteiger charge is -2.38. The van der Waals surface area contributed by atoms with Crippen LogP contribution in [0, 0.1) is 11.7 Å². The number of ketones is 1. The molecular weight excluding hydrogens is 391 g/mol. The Morgan fingerprint density at radius 2 is 2.10 bits per heavy atom. The van der Waals surface area contributed by atoms with Gasteiger partial charge in [-0.1, -0.05) is 30.0 Å². The average molecular weight is 415 g/mol. The van der Waals surface area contributed by atoms with Gasteiger partial charge in [-0.2, -0.15) is 5.10 Å². The minimum atomic E-state index is -0.606. The number of Topliss-reactive ketones (excluding diaryl/α,β-unsaturated/α-hetero) is 1. The molecule has 2 heterocycles. The number of hydrogen-bond acceptors (Lipinski definition) is 6. The maximum Gasteiger partial charge on any atom is 0.186 e. The first-order valence-electron chi connectivity index (χ1n) is 9.78. The Bertz CT molecular complexity index is 927. The van der Waals surface area contributed by atoms with E-state index in [2.05, 4.69) is 15.2 Å². The summed E-state index contributed by atoms with van der Waals surface area (Å²) < 4.78 is 14.6. The van der Waals surface area contributed by atoms with Crippen molar-refractivity contribution in [2.75, 3.05) is 13.1 Å². The van der Waals surface area contributed by atoms with Crippen molar-refractivity contribution < 1.29 is 14.0 Å². The number of rotatable bonds is 6. The molecule has 1 aliphatic carbocycles. The normalized spacial score (nSPS) is 22.6. The molecule has 152 valence electrons. The first kappa shape index (κ1) is 20.0. The van der Waals surface area contributed by atoms with E-state index in [4.69, 9.17) is 0 Å². The van der Waals surface area contributed by atoms with Crippen molar-refractivity contribution >= 4 is 28.7 Å². The predicted octanol–water partition coefficient (Wildman–Crippen LogP) is 3.40. The molecule has 1 aliphatic heterocycles. The number of carbonyl (C=O) groups is 2. The monoisotopic (exact) mass is 414 g/mol. The van der Waals surface area contributed by atoms with Crippen LogP contribution in [-0.4, -0.2) is 49.3 Å². The van der Waals surface area contributed by atoms with Crippen LogP contribution < -0.4 is 0 Å². The van der Waals surface area contributed by atoms with Gasteiger partial charge in [0.15, 0.2) is 10.9 Å². The summed E-state index contributed by atoms with van der Waals surface area (Å²) in [5.41, 5.74) is 1.42. The Labute approximate surface area is 173 Å². The van der Waals surface area contributed by atoms with Crippen LogP contribution in [0.1, 0.15) is 43.6 Å². The number of nitrogens with zero attached hydrogens (tertiary/aromatic N) is 3. The van der Waals surface area contributed by atoms with Gasteiger partial charge in [-0.15, -0.1) is 0 Å². The SMILES string of the molecule is CC(=O)SC1CCN(C(C(=O)C2CC2)c2ccccc2F)C/C1=C/c1ncn[nH]1. The zero-order valence-corrected chi connectivity index (χ0v) is 17.0. The van der Waals surface area contributed by atoms with E-state index >= 15 is 0 Å². The number of aromatic nitrogens is 3. The molecule has 1 saturated heterocycles. The second-order valence-corrected chi connectivity index (χ2v) is 8.93. The Kier molecular flexibility index (Phi) is 5.91. The molecule has 2 unspecified atom stereocenters. The van der Waals surface area contributed by atoms with Crippen LogP contribution in [0.15, 0.2) is 36.2 Å². The summed E-state index contributed by atoms with van der Waals surface area (Å²) in [5, 5.41) is 6.75. The summed E-state index contributed by atoms with van der Waals surface area (Å²) in [7, 11) is 0. The number of H-pyrrole nitrogens is 1. The summed E-state index contributed by atoms with van der Waals surface area (Å²) in [6.07, 6.45) is 5.77. The van der Waals surface area contributed by atoms with E-state index in [-0.39, 0.29) is 27.9 Å². The van der Waals surface area contributed by atoms with Crippen LogP contribution in [0.3, 0.4) is 0 Å². The summed E-state index contributed by atoms with van der Waals surface area (Å²) >= 11 is 1.29. The average Bonchev–Trinajstić information content (AvgIpc) is 3.42. The molecule has 0 radical (unpaired) electrons. The minimum Gasteiger partial charge on any atom is -0.297 e. The van der Waals surface area contributed by atoms with E-state index in [1.54, 1.807) is 25.1 Å². The summed E-state index contributed by atoms with van der Waals surface area (Å²) in [5.74, 6) is 0.358. The molecule has 2 aliphatic rings. The highest BCUT2D eigenvalue weighted by Crippen LogP contribution is 2.40. The number of nitrogens with one attached hydrogen (secondary N) is 1. The molecule has 1 aromatic heterocycles. The van der Waals surface area contributed by atoms with Gasteiger partial charge in [-0.05, 0) is 37.0 Å². The molecule has 1 saturated carbocycles. The molecule has 0 bridgehead atoms. The van der Waals surface area contributed by atoms with Crippen molar-refractivity contribution in [1.82, 2.24) is 20.1 Å². The lowest BCUT2D eigenvalue weighted by atomic mass is 9.93. The maximum atomic E-state index is 14.6. The summed E-state index contributed by atoms with van der Waals surface area (Å²) in [6.45, 7) is 2.65. The van der Waals surface area contributed by atoms with Gasteiger partial charge in [-0.25, -0.2) is 9.37 Å². The third-order valence-corrected chi connectivity index (χ3v) is 6.51. The molecule has 0 spiro atoms. The molecule has 6 nitrogen and oxygen atoms in total. The fraction of sp³-hybridized carbons (Fsp3) is 0.429. The van der Waals surface area contributed by atoms with E-state index in [0.29, 0.717) is 30.9 Å². The van der Waals surface area contributed by atoms with Crippen molar-refractivity contribution in [2.45, 2.75) is 37.5 Å². The molecular formula is C21H23FN4O2S. The molecule has 0 amide bonds. The van der Waals surface area contributed by atoms with E-state index in [1.807, 2.05) is 11.0 Å². The fourth-order valence-corrected chi connectivity index (χ4v) is 4.77. The number of carbonyl (C=O) groups excluding carboxylic acids is 2. The van der Waals surface area contributed by atoms with Crippen LogP contribution in [0.25, 0.3) is 6.08 Å². The van der Waals surface area contributed by atoms with Crippen LogP contribution in [-0.2, 0) is 9.59 Å². The quantitative estimate of drug-likeness (QED) is 0.781. The van der Waals surface area contributed by atoms with Crippen LogP contribution in [0.5, 0.6) is 0 Å². The number of thioether (sulfide) groups is 1. The lowest BCUT2D eigenvalue weighted by Crippen LogP contribution is -2.43. The maximum absolute atomic E-state index is 14.6. The molecule has 1 N–H and O–H groups in total. The van der Waals surface area contributed by atoms with E-state index < -0.39 is 6.04 Å². The second-order valence-electron chi connectivity index (χ2n) is 7.55. The number of aromatic amines is 1. The third kappa shape index (κ3) is 4.64. The van der Waals surface area contributed by atoms with Crippen molar-refractivity contribution in [3.05, 3.63) is 53.4 Å². The zero-order chi connectivity index (χ0) is 20.4. The predicted molar refractivity (Wildman–Crippen MR) is 109 cm³/mol. The van der Waals surface area contributed by atoms with Crippen molar-refractivity contribution in [3.63, 3.8) is 0 Å². The number of halogens is 1. The van der Waals surface area contributed by atoms with Gasteiger partial charge in [0.25, 0.3) is 0 Å². The summed E-state index contributed by atoms with van der Waals surface area (Å²) in [6, 6.07) is 5.92. The molecule has 4 rings (SSSR count). The summed E-state index contributed by atoms with van der Waals surface area (Å²) in [4.78, 5) is 31.1. The smallest absolute Gasteiger partial charge is 0.186 e. The first-order chi connectivity index (χ1) is 14.0. The van der Waals surface area contributed by atoms with E-state index in [9.17, 15) is 14.0 Å². The Hall–Kier alpha value is -2.32. The Morgan fingerprint density at radius 3 is 2.76 bits per heavy atom. The van der Waals surface area contributed by atoms with Gasteiger partial charge in [0.1, 0.15) is 18.0 Å². The van der Waals surface area contributed by atoms with Gasteiger partial charge in [0.2, 0.25) is 0 Å². The lowest BCUT2D eigenvalue weighted by molar-refractivity contribution is -0.126. The minimum absolute atomic E-state index is 0.00569. The Morgan fingerprint density at radius 1 is 1.31 bits per heavy atom. The van der Waals surface area contributed by atoms with E-state index in [0.717, 1.165) is 18.4 Å². The Balaban J connectivity index is 1.66. The molecule has 8 heteroatoms. The molecule has 29 heavy (non-hydrogen) atoms. The van der Waals surface area contributed by atoms with Crippen molar-refractivity contribution in [1.29, 1.82) is 0 Å². The number of piperidine rings is 1. The van der Waals surface area contributed by atoms with Gasteiger partial charge < -0.3 is 0 Å². The van der Waals surface area contributed by atoms with Gasteiger partial charge in [-0.3, -0.25) is 19.6 Å². The molecule has 2 fully saturated rings. The van der Waals surface area contributed by atoms with Gasteiger partial charge in [0, 0.05) is 36.7 Å². The highest BCUT2D eigenvalue weighted by atomic mass is 32.2. The molecule has 1 aromatic carbocycles. The first-order valence-corrected chi connectivity index (χ1v) is 10.7. The number of benzene rings is 1. The number of likely N-dealkylation sites (tertiary alicyclic amines) is 1. The van der Waals surface area contributed by atoms with Crippen molar-refractivity contribution in [3.8, 4) is 0 Å². The standard InChI is InChI=1S/C21H23FN4O2S/c1-13(27)29-18-8-9-26(11-15(18)10-19-23-12-24-25-19)20(21(28)14-6-7-14)16-4-2-3-5-17(16)22/h2-5,10,12,14,18,20H,6-9,11H2,1H3,(H,23,24,25)/b15-10-. The van der Waals surface area contributed by atoms with Crippen LogP contribution in [0.2, 0.25) is 0 Å². The van der Waals surface area contributed by atoms with Gasteiger partial charge in [0.05, 0.1) is 6.04 Å². The highest BCUT2D eigenvalue weighted by Gasteiger charge is 2.41. The zero-order valence-electron chi connectivity index (χ0n) is 16.2. The topological polar surface area (TPSA) is 79.0 Å². The fourth-order valence-electron chi connectivity index (χ4n) is 3.86. The van der Waals surface area contributed by atoms with Crippen LogP contribution in [0.4, 0.5) is 4.39 Å². The second kappa shape index (κ2) is 8.59. The van der Waals surface area contributed by atoms with E-state index in [1.165, 1.54) is 24.2 Å². The third-order valence-electron chi connectivity index (χ3n) is 5.36. The highest BCUT2D eigenvalue weighted by molar-refractivity contribution is 8.14. The molecule has 2 aromatic rings. The largest absolute Gasteiger partial charge is 0.297 e. The number of hydrogen-bond donors (Lipinski definition) is 1. The molecule has 2 atom stereocenters. The van der Waals surface area contributed by atoms with Crippen LogP contribution >= 0.6 is 11.8 Å². The van der Waals surface area contributed by atoms with Gasteiger partial charge >= 0.3 is 0 Å².